The predicted octanol–water partition coefficient (Wildman–Crippen LogP) is 2.67. The SMILES string of the molecule is CON(OC)S(=O)(=O)c1c(Cl)ccc(Nc2c(N[C@H](C)c3ccccc3)c(=O)c2=O)c1O. The highest BCUT2D eigenvalue weighted by molar-refractivity contribution is 7.89. The minimum atomic E-state index is -4.52. The summed E-state index contributed by atoms with van der Waals surface area (Å²) in [6, 6.07) is 11.4. The van der Waals surface area contributed by atoms with Crippen LogP contribution < -0.4 is 21.5 Å². The molecule has 0 saturated carbocycles. The summed E-state index contributed by atoms with van der Waals surface area (Å²) in [7, 11) is -2.43. The Morgan fingerprint density at radius 1 is 1.00 bits per heavy atom. The summed E-state index contributed by atoms with van der Waals surface area (Å²) in [6.07, 6.45) is 0. The molecule has 3 aromatic carbocycles. The van der Waals surface area contributed by atoms with E-state index >= 15 is 0 Å². The summed E-state index contributed by atoms with van der Waals surface area (Å²) in [6.45, 7) is 1.81. The van der Waals surface area contributed by atoms with Crippen molar-refractivity contribution in [2.45, 2.75) is 17.9 Å². The first-order valence-electron chi connectivity index (χ1n) is 9.20. The van der Waals surface area contributed by atoms with Crippen LogP contribution in [0.2, 0.25) is 5.02 Å². The van der Waals surface area contributed by atoms with Crippen molar-refractivity contribution in [2.75, 3.05) is 24.9 Å². The number of sulfonamides is 1. The van der Waals surface area contributed by atoms with Gasteiger partial charge >= 0.3 is 0 Å². The van der Waals surface area contributed by atoms with Crippen molar-refractivity contribution in [3.05, 3.63) is 73.5 Å². The second-order valence-corrected chi connectivity index (χ2v) is 8.71. The molecule has 3 rings (SSSR count). The number of hydrogen-bond donors (Lipinski definition) is 3. The van der Waals surface area contributed by atoms with E-state index in [1.54, 1.807) is 0 Å². The van der Waals surface area contributed by atoms with Gasteiger partial charge in [0.15, 0.2) is 5.75 Å². The summed E-state index contributed by atoms with van der Waals surface area (Å²) in [5, 5.41) is 15.9. The largest absolute Gasteiger partial charge is 0.504 e. The normalized spacial score (nSPS) is 12.8. The first-order valence-corrected chi connectivity index (χ1v) is 11.0. The van der Waals surface area contributed by atoms with Gasteiger partial charge in [-0.25, -0.2) is 8.42 Å². The lowest BCUT2D eigenvalue weighted by atomic mass is 10.1. The highest BCUT2D eigenvalue weighted by Crippen LogP contribution is 2.40. The third kappa shape index (κ3) is 4.20. The Morgan fingerprint density at radius 3 is 2.19 bits per heavy atom. The van der Waals surface area contributed by atoms with Crippen molar-refractivity contribution in [1.29, 1.82) is 0 Å². The zero-order chi connectivity index (χ0) is 23.6. The number of nitrogens with zero attached hydrogens (tertiary/aromatic N) is 1. The van der Waals surface area contributed by atoms with Crippen LogP contribution in [0.25, 0.3) is 0 Å². The molecule has 0 aliphatic rings. The first-order chi connectivity index (χ1) is 15.1. The van der Waals surface area contributed by atoms with Crippen LogP contribution in [-0.2, 0) is 19.7 Å². The van der Waals surface area contributed by atoms with Crippen molar-refractivity contribution in [1.82, 2.24) is 4.63 Å². The maximum atomic E-state index is 12.7. The van der Waals surface area contributed by atoms with Gasteiger partial charge in [-0.15, -0.1) is 0 Å². The molecule has 12 heteroatoms. The van der Waals surface area contributed by atoms with E-state index in [0.717, 1.165) is 19.8 Å². The quantitative estimate of drug-likeness (QED) is 0.239. The van der Waals surface area contributed by atoms with Crippen molar-refractivity contribution in [3.8, 4) is 5.75 Å². The average Bonchev–Trinajstić information content (AvgIpc) is 2.78. The van der Waals surface area contributed by atoms with Crippen molar-refractivity contribution in [3.63, 3.8) is 0 Å². The predicted molar refractivity (Wildman–Crippen MR) is 119 cm³/mol. The standard InChI is InChI=1S/C20H20ClN3O7S/c1-11(12-7-5-4-6-8-12)22-15-16(19(27)18(15)26)23-14-10-9-13(21)20(17(14)25)32(28,29)24(30-2)31-3/h4-11,22-23,25H,1-3H3/t11-/m1/s1. The van der Waals surface area contributed by atoms with Gasteiger partial charge in [0, 0.05) is 6.04 Å². The van der Waals surface area contributed by atoms with Crippen LogP contribution in [-0.4, -0.2) is 32.4 Å². The third-order valence-electron chi connectivity index (χ3n) is 4.67. The molecule has 0 heterocycles. The number of aromatic hydroxyl groups is 1. The fourth-order valence-electron chi connectivity index (χ4n) is 3.06. The van der Waals surface area contributed by atoms with Crippen LogP contribution in [0, 0.1) is 0 Å². The van der Waals surface area contributed by atoms with Crippen molar-refractivity contribution >= 4 is 38.7 Å². The van der Waals surface area contributed by atoms with Crippen LogP contribution in [0.15, 0.2) is 56.9 Å². The highest BCUT2D eigenvalue weighted by atomic mass is 35.5. The fraction of sp³-hybridized carbons (Fsp3) is 0.200. The van der Waals surface area contributed by atoms with Crippen LogP contribution in [0.1, 0.15) is 18.5 Å². The molecule has 0 amide bonds. The highest BCUT2D eigenvalue weighted by Gasteiger charge is 2.33. The van der Waals surface area contributed by atoms with Gasteiger partial charge in [-0.3, -0.25) is 19.3 Å². The maximum absolute atomic E-state index is 12.7. The van der Waals surface area contributed by atoms with Gasteiger partial charge < -0.3 is 15.7 Å². The molecule has 170 valence electrons. The summed E-state index contributed by atoms with van der Waals surface area (Å²) in [5.41, 5.74) is -0.936. The lowest BCUT2D eigenvalue weighted by molar-refractivity contribution is -0.270. The molecule has 0 bridgehead atoms. The maximum Gasteiger partial charge on any atom is 0.294 e. The molecule has 0 aliphatic heterocycles. The second-order valence-electron chi connectivity index (χ2n) is 6.65. The Morgan fingerprint density at radius 2 is 1.59 bits per heavy atom. The number of halogens is 1. The van der Waals surface area contributed by atoms with Crippen LogP contribution in [0.3, 0.4) is 0 Å². The molecular weight excluding hydrogens is 462 g/mol. The van der Waals surface area contributed by atoms with E-state index < -0.39 is 31.5 Å². The summed E-state index contributed by atoms with van der Waals surface area (Å²) >= 11 is 6.00. The van der Waals surface area contributed by atoms with Crippen molar-refractivity contribution in [2.24, 2.45) is 0 Å². The molecule has 1 atom stereocenters. The van der Waals surface area contributed by atoms with Gasteiger partial charge in [0.05, 0.1) is 29.6 Å². The van der Waals surface area contributed by atoms with Gasteiger partial charge in [-0.05, 0) is 24.6 Å². The molecule has 0 saturated heterocycles. The van der Waals surface area contributed by atoms with E-state index in [2.05, 4.69) is 20.3 Å². The number of phenolic OH excluding ortho intramolecular Hbond substituents is 1. The Labute approximate surface area is 188 Å². The monoisotopic (exact) mass is 481 g/mol. The van der Waals surface area contributed by atoms with Crippen LogP contribution in [0.4, 0.5) is 17.1 Å². The average molecular weight is 482 g/mol. The number of rotatable bonds is 9. The Hall–Kier alpha value is -2.96. The summed E-state index contributed by atoms with van der Waals surface area (Å²) in [4.78, 5) is 32.9. The van der Waals surface area contributed by atoms with E-state index in [1.807, 2.05) is 37.3 Å². The molecule has 3 N–H and O–H groups in total. The molecule has 10 nitrogen and oxygen atoms in total. The van der Waals surface area contributed by atoms with Crippen molar-refractivity contribution < 1.29 is 23.2 Å². The van der Waals surface area contributed by atoms with E-state index in [0.29, 0.717) is 0 Å². The van der Waals surface area contributed by atoms with Gasteiger partial charge in [-0.1, -0.05) is 41.9 Å². The Bertz CT molecular complexity index is 1300. The van der Waals surface area contributed by atoms with Crippen LogP contribution >= 0.6 is 11.6 Å². The Balaban J connectivity index is 1.97. The number of benzene rings is 2. The third-order valence-corrected chi connectivity index (χ3v) is 6.71. The van der Waals surface area contributed by atoms with Crippen LogP contribution in [0.5, 0.6) is 5.75 Å². The van der Waals surface area contributed by atoms with Gasteiger partial charge in [0.1, 0.15) is 16.3 Å². The lowest BCUT2D eigenvalue weighted by Crippen LogP contribution is -2.37. The second kappa shape index (κ2) is 9.27. The topological polar surface area (TPSA) is 134 Å². The minimum absolute atomic E-state index is 0.0144. The number of anilines is 3. The molecule has 3 aromatic rings. The minimum Gasteiger partial charge on any atom is -0.504 e. The van der Waals surface area contributed by atoms with E-state index in [-0.39, 0.29) is 32.8 Å². The fourth-order valence-corrected chi connectivity index (χ4v) is 4.72. The molecule has 0 aliphatic carbocycles. The molecule has 32 heavy (non-hydrogen) atoms. The number of nitrogens with one attached hydrogen (secondary N) is 2. The molecule has 0 spiro atoms. The number of hydrogen-bond acceptors (Lipinski definition) is 9. The first kappa shape index (κ1) is 23.7. The molecular formula is C20H20ClN3O7S. The van der Waals surface area contributed by atoms with Gasteiger partial charge in [0.2, 0.25) is 0 Å². The molecule has 0 radical (unpaired) electrons. The van der Waals surface area contributed by atoms with Gasteiger partial charge in [-0.2, -0.15) is 0 Å². The number of phenols is 1. The zero-order valence-electron chi connectivity index (χ0n) is 17.2. The molecule has 0 aromatic heterocycles. The summed E-state index contributed by atoms with van der Waals surface area (Å²) < 4.78 is 25.6. The van der Waals surface area contributed by atoms with E-state index in [9.17, 15) is 23.1 Å². The smallest absolute Gasteiger partial charge is 0.294 e. The molecule has 0 fully saturated rings. The molecule has 0 unspecified atom stereocenters. The van der Waals surface area contributed by atoms with E-state index in [4.69, 9.17) is 11.6 Å². The lowest BCUT2D eigenvalue weighted by Gasteiger charge is -2.21. The zero-order valence-corrected chi connectivity index (χ0v) is 18.8. The van der Waals surface area contributed by atoms with Gasteiger partial charge in [0.25, 0.3) is 20.9 Å². The summed E-state index contributed by atoms with van der Waals surface area (Å²) in [5.74, 6) is -0.785. The Kier molecular flexibility index (Phi) is 6.86. The van der Waals surface area contributed by atoms with E-state index in [1.165, 1.54) is 12.1 Å².